The van der Waals surface area contributed by atoms with Crippen LogP contribution in [0.25, 0.3) is 0 Å². The maximum atomic E-state index is 13.0. The average Bonchev–Trinajstić information content (AvgIpc) is 3.28. The number of carbonyl (C=O) groups is 2. The van der Waals surface area contributed by atoms with Crippen molar-refractivity contribution < 1.29 is 14.3 Å². The second kappa shape index (κ2) is 11.5. The highest BCUT2D eigenvalue weighted by Gasteiger charge is 2.37. The van der Waals surface area contributed by atoms with Gasteiger partial charge in [-0.3, -0.25) is 14.5 Å². The molecule has 30 heavy (non-hydrogen) atoms. The summed E-state index contributed by atoms with van der Waals surface area (Å²) in [6.07, 6.45) is 4.70. The summed E-state index contributed by atoms with van der Waals surface area (Å²) in [7, 11) is 0. The summed E-state index contributed by atoms with van der Waals surface area (Å²) in [5, 5.41) is 3.15. The minimum Gasteiger partial charge on any atom is -0.367 e. The van der Waals surface area contributed by atoms with Crippen LogP contribution in [0.3, 0.4) is 0 Å². The Kier molecular flexibility index (Phi) is 8.70. The molecule has 0 spiro atoms. The van der Waals surface area contributed by atoms with E-state index in [1.165, 1.54) is 12.8 Å². The summed E-state index contributed by atoms with van der Waals surface area (Å²) in [4.78, 5) is 29.7. The number of hydrogen-bond donors (Lipinski definition) is 1. The van der Waals surface area contributed by atoms with Gasteiger partial charge in [0.25, 0.3) is 0 Å². The van der Waals surface area contributed by atoms with Gasteiger partial charge in [-0.1, -0.05) is 57.0 Å². The molecule has 0 bridgehead atoms. The molecule has 1 aromatic rings. The fraction of sp³-hybridized carbons (Fsp3) is 0.667. The van der Waals surface area contributed by atoms with Gasteiger partial charge in [0.15, 0.2) is 0 Å². The first kappa shape index (κ1) is 22.8. The third-order valence-electron chi connectivity index (χ3n) is 6.20. The zero-order valence-electron chi connectivity index (χ0n) is 18.5. The predicted octanol–water partition coefficient (Wildman–Crippen LogP) is 2.68. The molecule has 1 aliphatic carbocycles. The Bertz CT molecular complexity index is 666. The minimum absolute atomic E-state index is 0.0345. The molecule has 1 atom stereocenters. The lowest BCUT2D eigenvalue weighted by Gasteiger charge is -2.40. The summed E-state index contributed by atoms with van der Waals surface area (Å²) in [5.41, 5.74) is 1.07. The van der Waals surface area contributed by atoms with Gasteiger partial charge in [0.2, 0.25) is 11.8 Å². The van der Waals surface area contributed by atoms with E-state index in [1.54, 1.807) is 0 Å². The molecule has 2 aliphatic rings. The number of nitrogens with zero attached hydrogens (tertiary/aromatic N) is 2. The molecule has 0 unspecified atom stereocenters. The zero-order valence-corrected chi connectivity index (χ0v) is 18.5. The van der Waals surface area contributed by atoms with Crippen LogP contribution in [-0.2, 0) is 20.9 Å². The van der Waals surface area contributed by atoms with E-state index in [0.29, 0.717) is 31.5 Å². The molecule has 1 heterocycles. The topological polar surface area (TPSA) is 61.9 Å². The van der Waals surface area contributed by atoms with E-state index in [1.807, 2.05) is 35.2 Å². The molecule has 6 nitrogen and oxygen atoms in total. The fourth-order valence-corrected chi connectivity index (χ4v) is 4.53. The van der Waals surface area contributed by atoms with Crippen molar-refractivity contribution in [3.05, 3.63) is 35.9 Å². The Labute approximate surface area is 180 Å². The Hall–Kier alpha value is -1.92. The van der Waals surface area contributed by atoms with Gasteiger partial charge >= 0.3 is 0 Å². The molecule has 1 N–H and O–H groups in total. The monoisotopic (exact) mass is 415 g/mol. The number of rotatable bonds is 9. The van der Waals surface area contributed by atoms with Crippen LogP contribution in [0, 0.1) is 11.8 Å². The van der Waals surface area contributed by atoms with Crippen molar-refractivity contribution in [1.29, 1.82) is 0 Å². The highest BCUT2D eigenvalue weighted by atomic mass is 16.5. The Morgan fingerprint density at radius 1 is 1.07 bits per heavy atom. The second-order valence-electron chi connectivity index (χ2n) is 9.02. The SMILES string of the molecule is CC(C)CNC(=O)[C@H](C1CCCC1)N1CCN(C(=O)COCc2ccccc2)CC1. The molecule has 1 saturated carbocycles. The van der Waals surface area contributed by atoms with E-state index < -0.39 is 0 Å². The highest BCUT2D eigenvalue weighted by molar-refractivity contribution is 5.82. The van der Waals surface area contributed by atoms with E-state index in [4.69, 9.17) is 4.74 Å². The zero-order chi connectivity index (χ0) is 21.3. The normalized spacial score (nSPS) is 19.2. The molecule has 1 aromatic carbocycles. The van der Waals surface area contributed by atoms with Crippen LogP contribution < -0.4 is 5.32 Å². The molecule has 1 aliphatic heterocycles. The predicted molar refractivity (Wildman–Crippen MR) is 118 cm³/mol. The third-order valence-corrected chi connectivity index (χ3v) is 6.20. The van der Waals surface area contributed by atoms with Gasteiger partial charge in [0, 0.05) is 32.7 Å². The van der Waals surface area contributed by atoms with E-state index in [2.05, 4.69) is 24.1 Å². The van der Waals surface area contributed by atoms with Gasteiger partial charge in [0.1, 0.15) is 6.61 Å². The van der Waals surface area contributed by atoms with Gasteiger partial charge in [0.05, 0.1) is 12.6 Å². The summed E-state index contributed by atoms with van der Waals surface area (Å²) < 4.78 is 5.61. The second-order valence-corrected chi connectivity index (χ2v) is 9.02. The molecule has 2 amide bonds. The molecule has 2 fully saturated rings. The molecule has 166 valence electrons. The lowest BCUT2D eigenvalue weighted by atomic mass is 9.94. The van der Waals surface area contributed by atoms with Crippen molar-refractivity contribution in [2.24, 2.45) is 11.8 Å². The average molecular weight is 416 g/mol. The summed E-state index contributed by atoms with van der Waals surface area (Å²) in [5.74, 6) is 1.09. The van der Waals surface area contributed by atoms with Crippen molar-refractivity contribution in [3.63, 3.8) is 0 Å². The number of carbonyl (C=O) groups excluding carboxylic acids is 2. The van der Waals surface area contributed by atoms with Crippen molar-refractivity contribution in [1.82, 2.24) is 15.1 Å². The lowest BCUT2D eigenvalue weighted by molar-refractivity contribution is -0.139. The van der Waals surface area contributed by atoms with Gasteiger partial charge in [-0.25, -0.2) is 0 Å². The van der Waals surface area contributed by atoms with E-state index >= 15 is 0 Å². The molecular formula is C24H37N3O3. The van der Waals surface area contributed by atoms with Crippen molar-refractivity contribution in [2.75, 3.05) is 39.3 Å². The summed E-state index contributed by atoms with van der Waals surface area (Å²) in [6.45, 7) is 8.34. The van der Waals surface area contributed by atoms with E-state index in [9.17, 15) is 9.59 Å². The van der Waals surface area contributed by atoms with Crippen molar-refractivity contribution >= 4 is 11.8 Å². The largest absolute Gasteiger partial charge is 0.367 e. The first-order valence-corrected chi connectivity index (χ1v) is 11.5. The molecule has 6 heteroatoms. The number of ether oxygens (including phenoxy) is 1. The lowest BCUT2D eigenvalue weighted by Crippen LogP contribution is -2.58. The maximum absolute atomic E-state index is 13.0. The number of piperazine rings is 1. The van der Waals surface area contributed by atoms with Crippen LogP contribution in [0.4, 0.5) is 0 Å². The Morgan fingerprint density at radius 3 is 2.37 bits per heavy atom. The summed E-state index contributed by atoms with van der Waals surface area (Å²) in [6, 6.07) is 9.84. The first-order valence-electron chi connectivity index (χ1n) is 11.5. The number of amides is 2. The number of hydrogen-bond acceptors (Lipinski definition) is 4. The molecule has 1 saturated heterocycles. The van der Waals surface area contributed by atoms with Crippen molar-refractivity contribution in [2.45, 2.75) is 52.2 Å². The first-order chi connectivity index (χ1) is 14.5. The van der Waals surface area contributed by atoms with Crippen LogP contribution >= 0.6 is 0 Å². The minimum atomic E-state index is -0.0576. The van der Waals surface area contributed by atoms with Crippen LogP contribution in [0.15, 0.2) is 30.3 Å². The number of benzene rings is 1. The van der Waals surface area contributed by atoms with Gasteiger partial charge in [-0.2, -0.15) is 0 Å². The van der Waals surface area contributed by atoms with Gasteiger partial charge in [-0.05, 0) is 30.2 Å². The Morgan fingerprint density at radius 2 is 1.73 bits per heavy atom. The standard InChI is InChI=1S/C24H37N3O3/c1-19(2)16-25-24(29)23(21-10-6-7-11-21)27-14-12-26(13-15-27)22(28)18-30-17-20-8-4-3-5-9-20/h3-5,8-9,19,21,23H,6-7,10-18H2,1-2H3,(H,25,29)/t23-/m0/s1. The van der Waals surface area contributed by atoms with E-state index in [0.717, 1.165) is 38.0 Å². The van der Waals surface area contributed by atoms with Crippen LogP contribution in [0.1, 0.15) is 45.1 Å². The fourth-order valence-electron chi connectivity index (χ4n) is 4.53. The van der Waals surface area contributed by atoms with Gasteiger partial charge < -0.3 is 15.0 Å². The Balaban J connectivity index is 1.47. The van der Waals surface area contributed by atoms with E-state index in [-0.39, 0.29) is 24.5 Å². The van der Waals surface area contributed by atoms with Crippen LogP contribution in [0.5, 0.6) is 0 Å². The van der Waals surface area contributed by atoms with Crippen molar-refractivity contribution in [3.8, 4) is 0 Å². The molecule has 0 radical (unpaired) electrons. The quantitative estimate of drug-likeness (QED) is 0.674. The van der Waals surface area contributed by atoms with Gasteiger partial charge in [-0.15, -0.1) is 0 Å². The summed E-state index contributed by atoms with van der Waals surface area (Å²) >= 11 is 0. The molecule has 0 aromatic heterocycles. The smallest absolute Gasteiger partial charge is 0.248 e. The van der Waals surface area contributed by atoms with Crippen LogP contribution in [0.2, 0.25) is 0 Å². The number of nitrogens with one attached hydrogen (secondary N) is 1. The van der Waals surface area contributed by atoms with Crippen LogP contribution in [-0.4, -0.2) is 67.0 Å². The third kappa shape index (κ3) is 6.54. The highest BCUT2D eigenvalue weighted by Crippen LogP contribution is 2.31. The maximum Gasteiger partial charge on any atom is 0.248 e. The molecular weight excluding hydrogens is 378 g/mol. The molecule has 3 rings (SSSR count).